The Hall–Kier alpha value is -1.51. The fourth-order valence-corrected chi connectivity index (χ4v) is 2.99. The first-order valence-corrected chi connectivity index (χ1v) is 7.86. The molecule has 0 bridgehead atoms. The number of unbranched alkanes of at least 4 members (excludes halogenated alkanes) is 1. The molecule has 112 valence electrons. The summed E-state index contributed by atoms with van der Waals surface area (Å²) in [7, 11) is -3.70. The van der Waals surface area contributed by atoms with Gasteiger partial charge in [0.15, 0.2) is 0 Å². The first-order chi connectivity index (χ1) is 9.40. The number of hydrogen-bond acceptors (Lipinski definition) is 5. The van der Waals surface area contributed by atoms with E-state index >= 15 is 0 Å². The topological polar surface area (TPSA) is 115 Å². The van der Waals surface area contributed by atoms with Crippen LogP contribution in [-0.2, 0) is 10.0 Å². The second kappa shape index (κ2) is 7.32. The lowest BCUT2D eigenvalue weighted by Crippen LogP contribution is -2.40. The number of rotatable bonds is 8. The van der Waals surface area contributed by atoms with Gasteiger partial charge in [-0.25, -0.2) is 13.1 Å². The number of sulfonamides is 1. The molecule has 0 unspecified atom stereocenters. The molecule has 0 radical (unpaired) electrons. The van der Waals surface area contributed by atoms with Gasteiger partial charge in [-0.2, -0.15) is 0 Å². The first-order valence-electron chi connectivity index (χ1n) is 6.37. The SMILES string of the molecule is CCCC[C@H](CN)NS(=O)(=O)c1ccc([N+](=O)[O-])cc1. The molecule has 0 aliphatic rings. The number of nitro benzene ring substituents is 1. The normalized spacial score (nSPS) is 13.1. The van der Waals surface area contributed by atoms with Gasteiger partial charge in [-0.1, -0.05) is 19.8 Å². The predicted molar refractivity (Wildman–Crippen MR) is 75.8 cm³/mol. The molecule has 7 nitrogen and oxygen atoms in total. The van der Waals surface area contributed by atoms with Crippen LogP contribution in [0.2, 0.25) is 0 Å². The fourth-order valence-electron chi connectivity index (χ4n) is 1.71. The van der Waals surface area contributed by atoms with Gasteiger partial charge in [0.2, 0.25) is 10.0 Å². The van der Waals surface area contributed by atoms with Gasteiger partial charge < -0.3 is 5.73 Å². The zero-order valence-electron chi connectivity index (χ0n) is 11.3. The fraction of sp³-hybridized carbons (Fsp3) is 0.500. The largest absolute Gasteiger partial charge is 0.329 e. The third-order valence-corrected chi connectivity index (χ3v) is 4.41. The molecule has 0 amide bonds. The van der Waals surface area contributed by atoms with Crippen molar-refractivity contribution < 1.29 is 13.3 Å². The van der Waals surface area contributed by atoms with Crippen molar-refractivity contribution in [3.8, 4) is 0 Å². The maximum atomic E-state index is 12.1. The Labute approximate surface area is 118 Å². The van der Waals surface area contributed by atoms with Crippen molar-refractivity contribution in [2.24, 2.45) is 5.73 Å². The number of nitro groups is 1. The molecular weight excluding hydrogens is 282 g/mol. The zero-order valence-corrected chi connectivity index (χ0v) is 12.1. The molecule has 1 aromatic rings. The summed E-state index contributed by atoms with van der Waals surface area (Å²) in [4.78, 5) is 9.95. The van der Waals surface area contributed by atoms with E-state index in [9.17, 15) is 18.5 Å². The van der Waals surface area contributed by atoms with Gasteiger partial charge in [-0.05, 0) is 18.6 Å². The minimum Gasteiger partial charge on any atom is -0.329 e. The Morgan fingerprint density at radius 3 is 2.40 bits per heavy atom. The summed E-state index contributed by atoms with van der Waals surface area (Å²) in [5.74, 6) is 0. The summed E-state index contributed by atoms with van der Waals surface area (Å²) in [6.45, 7) is 2.23. The van der Waals surface area contributed by atoms with Crippen LogP contribution in [0, 0.1) is 10.1 Å². The third-order valence-electron chi connectivity index (χ3n) is 2.87. The lowest BCUT2D eigenvalue weighted by molar-refractivity contribution is -0.384. The highest BCUT2D eigenvalue weighted by molar-refractivity contribution is 7.89. The second-order valence-corrected chi connectivity index (χ2v) is 6.16. The van der Waals surface area contributed by atoms with E-state index in [2.05, 4.69) is 4.72 Å². The first kappa shape index (κ1) is 16.5. The Kier molecular flexibility index (Phi) is 6.05. The van der Waals surface area contributed by atoms with Crippen LogP contribution < -0.4 is 10.5 Å². The molecule has 1 atom stereocenters. The van der Waals surface area contributed by atoms with Crippen LogP contribution in [0.25, 0.3) is 0 Å². The van der Waals surface area contributed by atoms with Crippen LogP contribution in [-0.4, -0.2) is 25.9 Å². The molecule has 8 heteroatoms. The Morgan fingerprint density at radius 1 is 1.35 bits per heavy atom. The summed E-state index contributed by atoms with van der Waals surface area (Å²) in [6.07, 6.45) is 2.50. The molecule has 0 fully saturated rings. The summed E-state index contributed by atoms with van der Waals surface area (Å²) >= 11 is 0. The van der Waals surface area contributed by atoms with Crippen molar-refractivity contribution in [2.75, 3.05) is 6.54 Å². The molecule has 1 rings (SSSR count). The van der Waals surface area contributed by atoms with Crippen molar-refractivity contribution in [1.82, 2.24) is 4.72 Å². The minimum absolute atomic E-state index is 0.00181. The van der Waals surface area contributed by atoms with Gasteiger partial charge in [0.05, 0.1) is 9.82 Å². The maximum Gasteiger partial charge on any atom is 0.269 e. The summed E-state index contributed by atoms with van der Waals surface area (Å²) < 4.78 is 26.7. The summed E-state index contributed by atoms with van der Waals surface area (Å²) in [5, 5.41) is 10.5. The predicted octanol–water partition coefficient (Wildman–Crippen LogP) is 1.39. The Morgan fingerprint density at radius 2 is 1.95 bits per heavy atom. The highest BCUT2D eigenvalue weighted by Gasteiger charge is 2.19. The standard InChI is InChI=1S/C12H19N3O4S/c1-2-3-4-10(9-13)14-20(18,19)12-7-5-11(6-8-12)15(16)17/h5-8,10,14H,2-4,9,13H2,1H3/t10-/m1/s1. The number of non-ortho nitro benzene ring substituents is 1. The van der Waals surface area contributed by atoms with Crippen LogP contribution >= 0.6 is 0 Å². The van der Waals surface area contributed by atoms with Gasteiger partial charge in [-0.15, -0.1) is 0 Å². The third kappa shape index (κ3) is 4.55. The molecule has 3 N–H and O–H groups in total. The highest BCUT2D eigenvalue weighted by atomic mass is 32.2. The van der Waals surface area contributed by atoms with Crippen molar-refractivity contribution in [3.63, 3.8) is 0 Å². The molecule has 0 saturated carbocycles. The van der Waals surface area contributed by atoms with E-state index in [4.69, 9.17) is 5.73 Å². The van der Waals surface area contributed by atoms with E-state index in [-0.39, 0.29) is 23.2 Å². The monoisotopic (exact) mass is 301 g/mol. The molecule has 0 heterocycles. The molecule has 0 saturated heterocycles. The molecule has 0 spiro atoms. The van der Waals surface area contributed by atoms with Crippen molar-refractivity contribution >= 4 is 15.7 Å². The van der Waals surface area contributed by atoms with E-state index in [1.165, 1.54) is 12.1 Å². The summed E-state index contributed by atoms with van der Waals surface area (Å²) in [6, 6.07) is 4.44. The lowest BCUT2D eigenvalue weighted by atomic mass is 10.1. The van der Waals surface area contributed by atoms with Crippen LogP contribution in [0.1, 0.15) is 26.2 Å². The number of benzene rings is 1. The van der Waals surface area contributed by atoms with Gasteiger partial charge in [0.25, 0.3) is 5.69 Å². The zero-order chi connectivity index (χ0) is 15.2. The molecule has 0 aliphatic heterocycles. The molecule has 0 aliphatic carbocycles. The number of hydrogen-bond donors (Lipinski definition) is 2. The molecule has 0 aromatic heterocycles. The molecule has 1 aromatic carbocycles. The van der Waals surface area contributed by atoms with Crippen LogP contribution in [0.3, 0.4) is 0 Å². The van der Waals surface area contributed by atoms with Crippen LogP contribution in [0.5, 0.6) is 0 Å². The van der Waals surface area contributed by atoms with Gasteiger partial charge in [0, 0.05) is 24.7 Å². The van der Waals surface area contributed by atoms with E-state index in [1.54, 1.807) is 0 Å². The highest BCUT2D eigenvalue weighted by Crippen LogP contribution is 2.16. The van der Waals surface area contributed by atoms with E-state index in [0.717, 1.165) is 25.0 Å². The lowest BCUT2D eigenvalue weighted by Gasteiger charge is -2.16. The quantitative estimate of drug-likeness (QED) is 0.556. The van der Waals surface area contributed by atoms with E-state index < -0.39 is 14.9 Å². The number of nitrogens with two attached hydrogens (primary N) is 1. The van der Waals surface area contributed by atoms with Gasteiger partial charge in [0.1, 0.15) is 0 Å². The van der Waals surface area contributed by atoms with Gasteiger partial charge >= 0.3 is 0 Å². The number of nitrogens with zero attached hydrogens (tertiary/aromatic N) is 1. The Balaban J connectivity index is 2.84. The second-order valence-electron chi connectivity index (χ2n) is 4.45. The summed E-state index contributed by atoms with van der Waals surface area (Å²) in [5.41, 5.74) is 5.40. The smallest absolute Gasteiger partial charge is 0.269 e. The minimum atomic E-state index is -3.70. The van der Waals surface area contributed by atoms with Crippen molar-refractivity contribution in [2.45, 2.75) is 37.1 Å². The maximum absolute atomic E-state index is 12.1. The average Bonchev–Trinajstić information content (AvgIpc) is 2.43. The van der Waals surface area contributed by atoms with Gasteiger partial charge in [-0.3, -0.25) is 10.1 Å². The van der Waals surface area contributed by atoms with Crippen molar-refractivity contribution in [1.29, 1.82) is 0 Å². The van der Waals surface area contributed by atoms with E-state index in [1.807, 2.05) is 6.92 Å². The van der Waals surface area contributed by atoms with E-state index in [0.29, 0.717) is 6.42 Å². The average molecular weight is 301 g/mol. The number of nitrogens with one attached hydrogen (secondary N) is 1. The molecule has 20 heavy (non-hydrogen) atoms. The van der Waals surface area contributed by atoms with Crippen LogP contribution in [0.4, 0.5) is 5.69 Å². The Bertz CT molecular complexity index is 542. The molecular formula is C12H19N3O4S. The van der Waals surface area contributed by atoms with Crippen molar-refractivity contribution in [3.05, 3.63) is 34.4 Å². The van der Waals surface area contributed by atoms with Crippen LogP contribution in [0.15, 0.2) is 29.2 Å².